The van der Waals surface area contributed by atoms with Crippen LogP contribution in [0.4, 0.5) is 11.4 Å². The normalized spacial score (nSPS) is 19.8. The quantitative estimate of drug-likeness (QED) is 0.818. The minimum atomic E-state index is 0.171. The maximum atomic E-state index is 11.7. The van der Waals surface area contributed by atoms with E-state index in [0.717, 1.165) is 30.1 Å². The SMILES string of the molecule is CCC(Nc1ccc(NC(=O)C2CC2)cc1)C1CC1. The maximum Gasteiger partial charge on any atom is 0.227 e. The lowest BCUT2D eigenvalue weighted by molar-refractivity contribution is -0.117. The molecule has 3 heteroatoms. The summed E-state index contributed by atoms with van der Waals surface area (Å²) in [5, 5.41) is 6.56. The molecular formula is C16H22N2O. The fourth-order valence-electron chi connectivity index (χ4n) is 2.51. The Hall–Kier alpha value is -1.51. The highest BCUT2D eigenvalue weighted by molar-refractivity contribution is 5.94. The molecule has 2 saturated carbocycles. The Balaban J connectivity index is 1.56. The van der Waals surface area contributed by atoms with Crippen LogP contribution in [-0.2, 0) is 4.79 Å². The average molecular weight is 258 g/mol. The van der Waals surface area contributed by atoms with Gasteiger partial charge in [0.15, 0.2) is 0 Å². The molecule has 0 heterocycles. The van der Waals surface area contributed by atoms with Crippen LogP contribution in [0.2, 0.25) is 0 Å². The highest BCUT2D eigenvalue weighted by atomic mass is 16.2. The van der Waals surface area contributed by atoms with Gasteiger partial charge in [-0.15, -0.1) is 0 Å². The van der Waals surface area contributed by atoms with Gasteiger partial charge in [-0.1, -0.05) is 6.92 Å². The van der Waals surface area contributed by atoms with Gasteiger partial charge in [0.05, 0.1) is 0 Å². The van der Waals surface area contributed by atoms with E-state index in [2.05, 4.69) is 29.7 Å². The molecule has 1 aromatic rings. The first-order chi connectivity index (χ1) is 9.26. The third kappa shape index (κ3) is 3.28. The molecule has 0 bridgehead atoms. The summed E-state index contributed by atoms with van der Waals surface area (Å²) in [7, 11) is 0. The summed E-state index contributed by atoms with van der Waals surface area (Å²) in [6, 6.07) is 8.71. The number of anilines is 2. The number of rotatable bonds is 6. The maximum absolute atomic E-state index is 11.7. The van der Waals surface area contributed by atoms with Crippen molar-refractivity contribution in [3.8, 4) is 0 Å². The van der Waals surface area contributed by atoms with E-state index in [1.165, 1.54) is 19.3 Å². The van der Waals surface area contributed by atoms with E-state index in [1.807, 2.05) is 12.1 Å². The molecule has 0 saturated heterocycles. The standard InChI is InChI=1S/C16H22N2O/c1-2-15(11-3-4-11)17-13-7-9-14(10-8-13)18-16(19)12-5-6-12/h7-12,15,17H,2-6H2,1H3,(H,18,19). The minimum absolute atomic E-state index is 0.171. The number of benzene rings is 1. The molecule has 0 aromatic heterocycles. The number of nitrogens with one attached hydrogen (secondary N) is 2. The molecule has 1 aromatic carbocycles. The van der Waals surface area contributed by atoms with Crippen molar-refractivity contribution in [2.24, 2.45) is 11.8 Å². The van der Waals surface area contributed by atoms with Gasteiger partial charge in [0.25, 0.3) is 0 Å². The third-order valence-electron chi connectivity index (χ3n) is 4.08. The van der Waals surface area contributed by atoms with Gasteiger partial charge in [-0.05, 0) is 62.3 Å². The fourth-order valence-corrected chi connectivity index (χ4v) is 2.51. The van der Waals surface area contributed by atoms with E-state index in [4.69, 9.17) is 0 Å². The molecule has 0 radical (unpaired) electrons. The molecule has 19 heavy (non-hydrogen) atoms. The molecule has 1 amide bonds. The van der Waals surface area contributed by atoms with Gasteiger partial charge in [0, 0.05) is 23.3 Å². The van der Waals surface area contributed by atoms with E-state index >= 15 is 0 Å². The highest BCUT2D eigenvalue weighted by Gasteiger charge is 2.30. The lowest BCUT2D eigenvalue weighted by Gasteiger charge is -2.17. The largest absolute Gasteiger partial charge is 0.382 e. The lowest BCUT2D eigenvalue weighted by Crippen LogP contribution is -2.20. The van der Waals surface area contributed by atoms with Crippen LogP contribution >= 0.6 is 0 Å². The fraction of sp³-hybridized carbons (Fsp3) is 0.562. The van der Waals surface area contributed by atoms with E-state index in [1.54, 1.807) is 0 Å². The lowest BCUT2D eigenvalue weighted by atomic mass is 10.1. The summed E-state index contributed by atoms with van der Waals surface area (Å²) in [6.07, 6.45) is 5.99. The Morgan fingerprint density at radius 1 is 1.16 bits per heavy atom. The van der Waals surface area contributed by atoms with E-state index in [0.29, 0.717) is 6.04 Å². The van der Waals surface area contributed by atoms with Crippen molar-refractivity contribution in [3.05, 3.63) is 24.3 Å². The topological polar surface area (TPSA) is 41.1 Å². The smallest absolute Gasteiger partial charge is 0.227 e. The Morgan fingerprint density at radius 3 is 2.32 bits per heavy atom. The van der Waals surface area contributed by atoms with Gasteiger partial charge in [-0.25, -0.2) is 0 Å². The molecule has 1 atom stereocenters. The number of hydrogen-bond acceptors (Lipinski definition) is 2. The summed E-state index contributed by atoms with van der Waals surface area (Å²) in [5.41, 5.74) is 2.06. The van der Waals surface area contributed by atoms with Gasteiger partial charge < -0.3 is 10.6 Å². The first kappa shape index (κ1) is 12.5. The Labute approximate surface area is 114 Å². The second-order valence-electron chi connectivity index (χ2n) is 5.84. The molecule has 0 aliphatic heterocycles. The van der Waals surface area contributed by atoms with Gasteiger partial charge in [0.2, 0.25) is 5.91 Å². The molecule has 2 fully saturated rings. The third-order valence-corrected chi connectivity index (χ3v) is 4.08. The predicted octanol–water partition coefficient (Wildman–Crippen LogP) is 3.64. The first-order valence-electron chi connectivity index (χ1n) is 7.43. The van der Waals surface area contributed by atoms with Crippen LogP contribution in [0.15, 0.2) is 24.3 Å². The number of hydrogen-bond donors (Lipinski definition) is 2. The van der Waals surface area contributed by atoms with Crippen LogP contribution in [0.25, 0.3) is 0 Å². The molecular weight excluding hydrogens is 236 g/mol. The molecule has 0 spiro atoms. The van der Waals surface area contributed by atoms with Crippen molar-refractivity contribution in [3.63, 3.8) is 0 Å². The second kappa shape index (κ2) is 5.24. The van der Waals surface area contributed by atoms with Crippen molar-refractivity contribution in [1.29, 1.82) is 0 Å². The van der Waals surface area contributed by atoms with Gasteiger partial charge >= 0.3 is 0 Å². The number of carbonyl (C=O) groups is 1. The van der Waals surface area contributed by atoms with Crippen LogP contribution in [0.5, 0.6) is 0 Å². The van der Waals surface area contributed by atoms with Crippen LogP contribution in [0, 0.1) is 11.8 Å². The van der Waals surface area contributed by atoms with Crippen molar-refractivity contribution in [1.82, 2.24) is 0 Å². The number of amides is 1. The van der Waals surface area contributed by atoms with E-state index < -0.39 is 0 Å². The van der Waals surface area contributed by atoms with Gasteiger partial charge in [0.1, 0.15) is 0 Å². The Kier molecular flexibility index (Phi) is 3.45. The minimum Gasteiger partial charge on any atom is -0.382 e. The second-order valence-corrected chi connectivity index (χ2v) is 5.84. The zero-order valence-corrected chi connectivity index (χ0v) is 11.5. The zero-order chi connectivity index (χ0) is 13.2. The van der Waals surface area contributed by atoms with Crippen molar-refractivity contribution < 1.29 is 4.79 Å². The molecule has 2 aliphatic carbocycles. The van der Waals surface area contributed by atoms with Gasteiger partial charge in [-0.3, -0.25) is 4.79 Å². The van der Waals surface area contributed by atoms with Gasteiger partial charge in [-0.2, -0.15) is 0 Å². The summed E-state index contributed by atoms with van der Waals surface area (Å²) in [5.74, 6) is 1.29. The molecule has 2 N–H and O–H groups in total. The van der Waals surface area contributed by atoms with Crippen molar-refractivity contribution >= 4 is 17.3 Å². The van der Waals surface area contributed by atoms with Crippen LogP contribution < -0.4 is 10.6 Å². The summed E-state index contributed by atoms with van der Waals surface area (Å²) >= 11 is 0. The van der Waals surface area contributed by atoms with Crippen molar-refractivity contribution in [2.75, 3.05) is 10.6 Å². The van der Waals surface area contributed by atoms with Crippen LogP contribution in [0.1, 0.15) is 39.0 Å². The van der Waals surface area contributed by atoms with E-state index in [-0.39, 0.29) is 11.8 Å². The monoisotopic (exact) mass is 258 g/mol. The van der Waals surface area contributed by atoms with Crippen molar-refractivity contribution in [2.45, 2.75) is 45.1 Å². The Bertz CT molecular complexity index is 446. The molecule has 102 valence electrons. The zero-order valence-electron chi connectivity index (χ0n) is 11.5. The Morgan fingerprint density at radius 2 is 1.79 bits per heavy atom. The number of carbonyl (C=O) groups excluding carboxylic acids is 1. The first-order valence-corrected chi connectivity index (χ1v) is 7.43. The van der Waals surface area contributed by atoms with Crippen LogP contribution in [0.3, 0.4) is 0 Å². The summed E-state index contributed by atoms with van der Waals surface area (Å²) in [4.78, 5) is 11.7. The summed E-state index contributed by atoms with van der Waals surface area (Å²) in [6.45, 7) is 2.24. The summed E-state index contributed by atoms with van der Waals surface area (Å²) < 4.78 is 0. The molecule has 2 aliphatic rings. The highest BCUT2D eigenvalue weighted by Crippen LogP contribution is 2.35. The van der Waals surface area contributed by atoms with E-state index in [9.17, 15) is 4.79 Å². The molecule has 3 rings (SSSR count). The predicted molar refractivity (Wildman–Crippen MR) is 78.2 cm³/mol. The average Bonchev–Trinajstić information content (AvgIpc) is 3.30. The van der Waals surface area contributed by atoms with Crippen LogP contribution in [-0.4, -0.2) is 11.9 Å². The molecule has 3 nitrogen and oxygen atoms in total. The molecule has 1 unspecified atom stereocenters.